The van der Waals surface area contributed by atoms with Crippen LogP contribution in [0.25, 0.3) is 0 Å². The molecule has 1 aliphatic heterocycles. The topological polar surface area (TPSA) is 71.7 Å². The summed E-state index contributed by atoms with van der Waals surface area (Å²) < 4.78 is 5.18. The normalized spacial score (nSPS) is 20.9. The smallest absolute Gasteiger partial charge is 0.415 e. The Bertz CT molecular complexity index is 532. The number of ether oxygens (including phenoxy) is 1. The van der Waals surface area contributed by atoms with Gasteiger partial charge in [0.25, 0.3) is 0 Å². The molecule has 1 atom stereocenters. The summed E-state index contributed by atoms with van der Waals surface area (Å²) in [6, 6.07) is 3.80. The third-order valence-corrected chi connectivity index (χ3v) is 3.94. The van der Waals surface area contributed by atoms with Gasteiger partial charge in [-0.15, -0.1) is 0 Å². The van der Waals surface area contributed by atoms with E-state index in [9.17, 15) is 4.79 Å². The molecule has 2 N–H and O–H groups in total. The van der Waals surface area contributed by atoms with Crippen LogP contribution >= 0.6 is 0 Å². The second-order valence-corrected chi connectivity index (χ2v) is 5.52. The van der Waals surface area contributed by atoms with Crippen LogP contribution in [-0.4, -0.2) is 37.4 Å². The molecule has 0 aliphatic carbocycles. The van der Waals surface area contributed by atoms with Crippen molar-refractivity contribution in [2.75, 3.05) is 30.5 Å². The second-order valence-electron chi connectivity index (χ2n) is 5.52. The summed E-state index contributed by atoms with van der Waals surface area (Å²) in [4.78, 5) is 20.5. The van der Waals surface area contributed by atoms with Crippen molar-refractivity contribution in [3.05, 3.63) is 17.8 Å². The van der Waals surface area contributed by atoms with E-state index >= 15 is 0 Å². The number of amides is 1. The van der Waals surface area contributed by atoms with E-state index in [0.717, 1.165) is 23.6 Å². The van der Waals surface area contributed by atoms with Gasteiger partial charge in [0, 0.05) is 14.1 Å². The first kappa shape index (κ1) is 15.6. The molecule has 0 bridgehead atoms. The SMILES string of the molecule is CCOC(=O)N1c2ccc(N(C)C)nc2CCC1(N)CC. The number of carbonyl (C=O) groups is 1. The zero-order valence-electron chi connectivity index (χ0n) is 13.2. The van der Waals surface area contributed by atoms with Crippen LogP contribution in [0.5, 0.6) is 0 Å². The number of hydrogen-bond donors (Lipinski definition) is 1. The summed E-state index contributed by atoms with van der Waals surface area (Å²) in [7, 11) is 3.89. The maximum Gasteiger partial charge on any atom is 0.415 e. The van der Waals surface area contributed by atoms with Gasteiger partial charge in [0.05, 0.1) is 23.7 Å². The van der Waals surface area contributed by atoms with Gasteiger partial charge in [-0.25, -0.2) is 9.78 Å². The van der Waals surface area contributed by atoms with Crippen LogP contribution in [0.4, 0.5) is 16.3 Å². The van der Waals surface area contributed by atoms with Crippen molar-refractivity contribution in [2.45, 2.75) is 38.8 Å². The van der Waals surface area contributed by atoms with Crippen LogP contribution in [0.15, 0.2) is 12.1 Å². The summed E-state index contributed by atoms with van der Waals surface area (Å²) in [6.07, 6.45) is 1.71. The lowest BCUT2D eigenvalue weighted by molar-refractivity contribution is 0.148. The minimum atomic E-state index is -0.708. The molecule has 0 radical (unpaired) electrons. The Morgan fingerprint density at radius 3 is 2.76 bits per heavy atom. The maximum absolute atomic E-state index is 12.3. The summed E-state index contributed by atoms with van der Waals surface area (Å²) in [5.74, 6) is 0.874. The molecule has 0 spiro atoms. The monoisotopic (exact) mass is 292 g/mol. The van der Waals surface area contributed by atoms with Crippen LogP contribution in [0.2, 0.25) is 0 Å². The number of anilines is 2. The predicted octanol–water partition coefficient (Wildman–Crippen LogP) is 2.12. The van der Waals surface area contributed by atoms with Crippen molar-refractivity contribution in [3.8, 4) is 0 Å². The molecule has 1 aromatic rings. The number of pyridine rings is 1. The van der Waals surface area contributed by atoms with Crippen LogP contribution in [-0.2, 0) is 11.2 Å². The maximum atomic E-state index is 12.3. The second kappa shape index (κ2) is 5.89. The number of nitrogens with two attached hydrogens (primary N) is 1. The molecule has 1 aromatic heterocycles. The third kappa shape index (κ3) is 2.81. The number of rotatable bonds is 3. The Morgan fingerprint density at radius 1 is 1.48 bits per heavy atom. The first-order valence-electron chi connectivity index (χ1n) is 7.36. The van der Waals surface area contributed by atoms with Crippen LogP contribution in [0.1, 0.15) is 32.4 Å². The number of nitrogens with zero attached hydrogens (tertiary/aromatic N) is 3. The Labute approximate surface area is 125 Å². The minimum Gasteiger partial charge on any atom is -0.449 e. The lowest BCUT2D eigenvalue weighted by Gasteiger charge is -2.43. The van der Waals surface area contributed by atoms with Gasteiger partial charge in [-0.3, -0.25) is 4.90 Å². The Kier molecular flexibility index (Phi) is 4.37. The van der Waals surface area contributed by atoms with Gasteiger partial charge < -0.3 is 15.4 Å². The number of aryl methyl sites for hydroxylation is 1. The molecular formula is C15H24N4O2. The quantitative estimate of drug-likeness (QED) is 0.924. The summed E-state index contributed by atoms with van der Waals surface area (Å²) >= 11 is 0. The lowest BCUT2D eigenvalue weighted by atomic mass is 9.92. The molecule has 0 saturated carbocycles. The minimum absolute atomic E-state index is 0.327. The van der Waals surface area contributed by atoms with Crippen LogP contribution in [0.3, 0.4) is 0 Å². The molecule has 21 heavy (non-hydrogen) atoms. The van der Waals surface area contributed by atoms with Crippen molar-refractivity contribution in [1.29, 1.82) is 0 Å². The van der Waals surface area contributed by atoms with Crippen molar-refractivity contribution in [2.24, 2.45) is 5.73 Å². The zero-order chi connectivity index (χ0) is 15.6. The highest BCUT2D eigenvalue weighted by atomic mass is 16.6. The van der Waals surface area contributed by atoms with E-state index in [1.54, 1.807) is 11.8 Å². The van der Waals surface area contributed by atoms with E-state index in [1.165, 1.54) is 0 Å². The number of aromatic nitrogens is 1. The zero-order valence-corrected chi connectivity index (χ0v) is 13.2. The van der Waals surface area contributed by atoms with Crippen molar-refractivity contribution in [1.82, 2.24) is 4.98 Å². The van der Waals surface area contributed by atoms with Gasteiger partial charge in [-0.1, -0.05) is 6.92 Å². The standard InChI is InChI=1S/C15H24N4O2/c1-5-15(16)10-9-11-12(19(15)14(20)21-6-2)7-8-13(17-11)18(3)4/h7-8H,5-6,9-10,16H2,1-4H3. The van der Waals surface area contributed by atoms with Gasteiger partial charge in [0.15, 0.2) is 0 Å². The van der Waals surface area contributed by atoms with E-state index in [-0.39, 0.29) is 0 Å². The molecule has 0 saturated heterocycles. The Morgan fingerprint density at radius 2 is 2.19 bits per heavy atom. The average molecular weight is 292 g/mol. The van der Waals surface area contributed by atoms with Gasteiger partial charge >= 0.3 is 6.09 Å². The summed E-state index contributed by atoms with van der Waals surface area (Å²) in [6.45, 7) is 4.10. The Balaban J connectivity index is 2.47. The van der Waals surface area contributed by atoms with E-state index < -0.39 is 11.8 Å². The lowest BCUT2D eigenvalue weighted by Crippen LogP contribution is -2.61. The van der Waals surface area contributed by atoms with E-state index in [2.05, 4.69) is 4.98 Å². The van der Waals surface area contributed by atoms with Crippen molar-refractivity contribution < 1.29 is 9.53 Å². The third-order valence-electron chi connectivity index (χ3n) is 3.94. The number of fused-ring (bicyclic) bond motifs is 1. The highest BCUT2D eigenvalue weighted by Crippen LogP contribution is 2.36. The van der Waals surface area contributed by atoms with Crippen molar-refractivity contribution in [3.63, 3.8) is 0 Å². The van der Waals surface area contributed by atoms with Gasteiger partial charge in [-0.05, 0) is 38.3 Å². The van der Waals surface area contributed by atoms with E-state index in [4.69, 9.17) is 10.5 Å². The van der Waals surface area contributed by atoms with E-state index in [1.807, 2.05) is 38.1 Å². The fourth-order valence-electron chi connectivity index (χ4n) is 2.61. The molecule has 2 rings (SSSR count). The fourth-order valence-corrected chi connectivity index (χ4v) is 2.61. The van der Waals surface area contributed by atoms with E-state index in [0.29, 0.717) is 19.4 Å². The summed E-state index contributed by atoms with van der Waals surface area (Å²) in [5.41, 5.74) is 7.38. The first-order valence-corrected chi connectivity index (χ1v) is 7.36. The van der Waals surface area contributed by atoms with Crippen LogP contribution < -0.4 is 15.5 Å². The molecule has 0 fully saturated rings. The molecule has 1 aliphatic rings. The van der Waals surface area contributed by atoms with Crippen LogP contribution in [0, 0.1) is 0 Å². The molecule has 6 nitrogen and oxygen atoms in total. The molecule has 6 heteroatoms. The molecular weight excluding hydrogens is 268 g/mol. The molecule has 1 unspecified atom stereocenters. The predicted molar refractivity (Wildman–Crippen MR) is 83.6 cm³/mol. The summed E-state index contributed by atoms with van der Waals surface area (Å²) in [5, 5.41) is 0. The highest BCUT2D eigenvalue weighted by Gasteiger charge is 2.41. The number of carbonyl (C=O) groups excluding carboxylic acids is 1. The van der Waals surface area contributed by atoms with Gasteiger partial charge in [-0.2, -0.15) is 0 Å². The molecule has 0 aromatic carbocycles. The highest BCUT2D eigenvalue weighted by molar-refractivity contribution is 5.90. The molecule has 2 heterocycles. The van der Waals surface area contributed by atoms with Gasteiger partial charge in [0.1, 0.15) is 5.82 Å². The Hall–Kier alpha value is -1.82. The fraction of sp³-hybridized carbons (Fsp3) is 0.600. The van der Waals surface area contributed by atoms with Gasteiger partial charge in [0.2, 0.25) is 0 Å². The number of hydrogen-bond acceptors (Lipinski definition) is 5. The molecule has 1 amide bonds. The first-order chi connectivity index (χ1) is 9.92. The van der Waals surface area contributed by atoms with Crippen molar-refractivity contribution >= 4 is 17.6 Å². The largest absolute Gasteiger partial charge is 0.449 e. The molecule has 116 valence electrons. The average Bonchev–Trinajstić information content (AvgIpc) is 2.46.